The summed E-state index contributed by atoms with van der Waals surface area (Å²) in [5.74, 6) is 0.418. The van der Waals surface area contributed by atoms with E-state index in [0.29, 0.717) is 21.4 Å². The van der Waals surface area contributed by atoms with Crippen LogP contribution >= 0.6 is 11.3 Å². The molecule has 1 unspecified atom stereocenters. The van der Waals surface area contributed by atoms with Crippen LogP contribution in [-0.4, -0.2) is 20.9 Å². The Labute approximate surface area is 157 Å². The zero-order valence-electron chi connectivity index (χ0n) is 15.4. The number of carbonyl (C=O) groups excluding carboxylic acids is 1. The molecule has 1 atom stereocenters. The lowest BCUT2D eigenvalue weighted by atomic mass is 9.82. The highest BCUT2D eigenvalue weighted by Gasteiger charge is 2.29. The second kappa shape index (κ2) is 7.33. The quantitative estimate of drug-likeness (QED) is 0.742. The second-order valence-corrected chi connectivity index (χ2v) is 8.19. The molecule has 0 aliphatic heterocycles. The van der Waals surface area contributed by atoms with Gasteiger partial charge in [0.2, 0.25) is 0 Å². The van der Waals surface area contributed by atoms with E-state index in [4.69, 9.17) is 0 Å². The van der Waals surface area contributed by atoms with Gasteiger partial charge >= 0.3 is 0 Å². The van der Waals surface area contributed by atoms with Crippen LogP contribution in [-0.2, 0) is 0 Å². The summed E-state index contributed by atoms with van der Waals surface area (Å²) in [5.41, 5.74) is 1.65. The summed E-state index contributed by atoms with van der Waals surface area (Å²) >= 11 is 1.32. The molecule has 5 nitrogen and oxygen atoms in total. The Kier molecular flexibility index (Phi) is 5.13. The number of rotatable bonds is 4. The molecule has 1 N–H and O–H groups in total. The lowest BCUT2D eigenvalue weighted by Gasteiger charge is -2.32. The number of benzene rings is 1. The Morgan fingerprint density at radius 3 is 2.35 bits per heavy atom. The predicted molar refractivity (Wildman–Crippen MR) is 104 cm³/mol. The number of carbonyl (C=O) groups is 1. The maximum absolute atomic E-state index is 13.0. The summed E-state index contributed by atoms with van der Waals surface area (Å²) in [5, 5.41) is 3.84. The van der Waals surface area contributed by atoms with Gasteiger partial charge in [0.05, 0.1) is 11.7 Å². The maximum atomic E-state index is 13.0. The topological polar surface area (TPSA) is 67.8 Å². The van der Waals surface area contributed by atoms with Gasteiger partial charge in [0.25, 0.3) is 5.91 Å². The Balaban J connectivity index is 1.88. The molecule has 0 saturated heterocycles. The molecule has 0 aliphatic rings. The molecule has 2 heterocycles. The van der Waals surface area contributed by atoms with Crippen LogP contribution in [0.15, 0.2) is 48.8 Å². The van der Waals surface area contributed by atoms with E-state index >= 15 is 0 Å². The molecular formula is C20H22N4OS. The highest BCUT2D eigenvalue weighted by molar-refractivity contribution is 7.17. The molecule has 0 saturated carbocycles. The second-order valence-electron chi connectivity index (χ2n) is 7.19. The number of aryl methyl sites for hydroxylation is 1. The van der Waals surface area contributed by atoms with E-state index in [-0.39, 0.29) is 17.4 Å². The third-order valence-electron chi connectivity index (χ3n) is 4.03. The fraction of sp³-hybridized carbons (Fsp3) is 0.300. The number of thiazole rings is 1. The Hall–Kier alpha value is -2.60. The van der Waals surface area contributed by atoms with Crippen LogP contribution in [0.25, 0.3) is 10.8 Å². The number of aromatic nitrogens is 3. The van der Waals surface area contributed by atoms with Gasteiger partial charge in [-0.2, -0.15) is 0 Å². The zero-order chi connectivity index (χ0) is 18.7. The van der Waals surface area contributed by atoms with Gasteiger partial charge in [0, 0.05) is 12.4 Å². The fourth-order valence-electron chi connectivity index (χ4n) is 2.75. The van der Waals surface area contributed by atoms with E-state index in [0.717, 1.165) is 5.56 Å². The molecule has 1 aromatic carbocycles. The van der Waals surface area contributed by atoms with Crippen molar-refractivity contribution in [2.45, 2.75) is 33.7 Å². The summed E-state index contributed by atoms with van der Waals surface area (Å²) in [7, 11) is 0. The van der Waals surface area contributed by atoms with Crippen molar-refractivity contribution >= 4 is 17.2 Å². The minimum absolute atomic E-state index is 0.103. The van der Waals surface area contributed by atoms with E-state index in [9.17, 15) is 4.79 Å². The monoisotopic (exact) mass is 366 g/mol. The highest BCUT2D eigenvalue weighted by Crippen LogP contribution is 2.34. The van der Waals surface area contributed by atoms with Gasteiger partial charge in [-0.25, -0.2) is 15.0 Å². The number of hydrogen-bond acceptors (Lipinski definition) is 5. The number of amides is 1. The van der Waals surface area contributed by atoms with Crippen molar-refractivity contribution in [2.75, 3.05) is 0 Å². The molecule has 3 rings (SSSR count). The van der Waals surface area contributed by atoms with E-state index in [1.807, 2.05) is 37.3 Å². The minimum Gasteiger partial charge on any atom is -0.344 e. The van der Waals surface area contributed by atoms with Crippen LogP contribution in [0, 0.1) is 12.3 Å². The molecule has 0 bridgehead atoms. The van der Waals surface area contributed by atoms with Crippen molar-refractivity contribution in [2.24, 2.45) is 5.41 Å². The van der Waals surface area contributed by atoms with E-state index in [1.54, 1.807) is 18.5 Å². The maximum Gasteiger partial charge on any atom is 0.263 e. The van der Waals surface area contributed by atoms with Gasteiger partial charge in [-0.3, -0.25) is 4.79 Å². The smallest absolute Gasteiger partial charge is 0.263 e. The normalized spacial score (nSPS) is 12.6. The summed E-state index contributed by atoms with van der Waals surface area (Å²) in [4.78, 5) is 26.5. The van der Waals surface area contributed by atoms with Crippen molar-refractivity contribution in [3.8, 4) is 10.8 Å². The first-order chi connectivity index (χ1) is 12.4. The molecule has 1 amide bonds. The predicted octanol–water partition coefficient (Wildman–Crippen LogP) is 4.43. The number of hydrogen-bond donors (Lipinski definition) is 1. The third kappa shape index (κ3) is 3.96. The molecule has 0 radical (unpaired) electrons. The van der Waals surface area contributed by atoms with Gasteiger partial charge in [-0.1, -0.05) is 51.1 Å². The van der Waals surface area contributed by atoms with Gasteiger partial charge in [0.15, 0.2) is 10.8 Å². The van der Waals surface area contributed by atoms with E-state index in [2.05, 4.69) is 41.0 Å². The molecule has 3 aromatic rings. The largest absolute Gasteiger partial charge is 0.344 e. The summed E-state index contributed by atoms with van der Waals surface area (Å²) in [6, 6.07) is 11.7. The Morgan fingerprint density at radius 2 is 1.73 bits per heavy atom. The minimum atomic E-state index is -0.124. The average molecular weight is 366 g/mol. The van der Waals surface area contributed by atoms with Crippen molar-refractivity contribution in [3.63, 3.8) is 0 Å². The summed E-state index contributed by atoms with van der Waals surface area (Å²) in [6.07, 6.45) is 3.34. The van der Waals surface area contributed by atoms with Gasteiger partial charge in [-0.15, -0.1) is 11.3 Å². The van der Waals surface area contributed by atoms with E-state index in [1.165, 1.54) is 11.3 Å². The SMILES string of the molecule is Cc1nc(-c2ncccn2)sc1C(=O)NC(c1ccccc1)C(C)(C)C. The van der Waals surface area contributed by atoms with E-state index < -0.39 is 0 Å². The van der Waals surface area contributed by atoms with Crippen molar-refractivity contribution < 1.29 is 4.79 Å². The molecule has 0 fully saturated rings. The van der Waals surface area contributed by atoms with Crippen LogP contribution in [0.5, 0.6) is 0 Å². The van der Waals surface area contributed by atoms with Crippen LogP contribution in [0.4, 0.5) is 0 Å². The highest BCUT2D eigenvalue weighted by atomic mass is 32.1. The molecular weight excluding hydrogens is 344 g/mol. The standard InChI is InChI=1S/C20H22N4OS/c1-13-15(26-19(23-13)17-21-11-8-12-22-17)18(25)24-16(20(2,3)4)14-9-6-5-7-10-14/h5-12,16H,1-4H3,(H,24,25). The first kappa shape index (κ1) is 18.2. The van der Waals surface area contributed by atoms with Crippen LogP contribution in [0.3, 0.4) is 0 Å². The molecule has 2 aromatic heterocycles. The lowest BCUT2D eigenvalue weighted by Crippen LogP contribution is -2.36. The van der Waals surface area contributed by atoms with Gasteiger partial charge in [-0.05, 0) is 24.0 Å². The molecule has 6 heteroatoms. The summed E-state index contributed by atoms with van der Waals surface area (Å²) < 4.78 is 0. The Bertz CT molecular complexity index is 885. The Morgan fingerprint density at radius 1 is 1.08 bits per heavy atom. The first-order valence-electron chi connectivity index (χ1n) is 8.47. The molecule has 0 aliphatic carbocycles. The molecule has 0 spiro atoms. The van der Waals surface area contributed by atoms with Crippen LogP contribution < -0.4 is 5.32 Å². The molecule has 26 heavy (non-hydrogen) atoms. The fourth-order valence-corrected chi connectivity index (χ4v) is 3.67. The van der Waals surface area contributed by atoms with Crippen molar-refractivity contribution in [3.05, 3.63) is 64.9 Å². The number of nitrogens with one attached hydrogen (secondary N) is 1. The van der Waals surface area contributed by atoms with Crippen LogP contribution in [0.1, 0.15) is 47.7 Å². The number of nitrogens with zero attached hydrogens (tertiary/aromatic N) is 3. The summed E-state index contributed by atoms with van der Waals surface area (Å²) in [6.45, 7) is 8.20. The van der Waals surface area contributed by atoms with Crippen molar-refractivity contribution in [1.29, 1.82) is 0 Å². The third-order valence-corrected chi connectivity index (χ3v) is 5.19. The van der Waals surface area contributed by atoms with Gasteiger partial charge < -0.3 is 5.32 Å². The van der Waals surface area contributed by atoms with Crippen molar-refractivity contribution in [1.82, 2.24) is 20.3 Å². The average Bonchev–Trinajstić information content (AvgIpc) is 3.02. The zero-order valence-corrected chi connectivity index (χ0v) is 16.2. The van der Waals surface area contributed by atoms with Crippen LogP contribution in [0.2, 0.25) is 0 Å². The lowest BCUT2D eigenvalue weighted by molar-refractivity contribution is 0.0905. The molecule has 134 valence electrons. The van der Waals surface area contributed by atoms with Gasteiger partial charge in [0.1, 0.15) is 4.88 Å². The first-order valence-corrected chi connectivity index (χ1v) is 9.28.